The molecule has 0 saturated carbocycles. The molecule has 0 aromatic rings. The first-order valence-corrected chi connectivity index (χ1v) is 0. The van der Waals surface area contributed by atoms with Crippen LogP contribution in [0.4, 0.5) is 0 Å². The van der Waals surface area contributed by atoms with Gasteiger partial charge in [0, 0.05) is 0 Å². The van der Waals surface area contributed by atoms with Gasteiger partial charge in [-0.25, -0.2) is 0 Å². The molecule has 0 aromatic heterocycles. The average molecular weight is 313 g/mol. The van der Waals surface area contributed by atoms with Crippen molar-refractivity contribution in [2.24, 2.45) is 0 Å². The Kier molecular flexibility index (Phi) is 31500. The quantitative estimate of drug-likeness (QED) is 0.538. The third-order valence-electron chi connectivity index (χ3n) is 0. The van der Waals surface area contributed by atoms with Gasteiger partial charge in [0.15, 0.2) is 0 Å². The van der Waals surface area contributed by atoms with Crippen molar-refractivity contribution in [1.29, 1.82) is 0 Å². The molecule has 10 N–H and O–H groups in total. The van der Waals surface area contributed by atoms with Crippen LogP contribution in [0.25, 0.3) is 24.6 Å². The molecular weight excluding hydrogens is 303 g/mol. The first-order valence-electron chi connectivity index (χ1n) is 0. The summed E-state index contributed by atoms with van der Waals surface area (Å²) in [4.78, 5) is 0. The minimum absolute atomic E-state index is 0. The molecule has 0 aliphatic rings. The Hall–Kier alpha value is 0.778. The van der Waals surface area contributed by atoms with E-state index >= 15 is 0 Å². The summed E-state index contributed by atoms with van der Waals surface area (Å²) in [5.74, 6) is 0. The van der Waals surface area contributed by atoms with Crippen molar-refractivity contribution in [3.05, 3.63) is 24.6 Å². The summed E-state index contributed by atoms with van der Waals surface area (Å²) in [5.41, 5.74) is 0. The van der Waals surface area contributed by atoms with Crippen LogP contribution in [0.5, 0.6) is 0 Å². The second-order valence-electron chi connectivity index (χ2n) is 0. The summed E-state index contributed by atoms with van der Waals surface area (Å²) in [6.07, 6.45) is 0. The fourth-order valence-electron chi connectivity index (χ4n) is 0. The van der Waals surface area contributed by atoms with Crippen LogP contribution in [0.3, 0.4) is 0 Å². The summed E-state index contributed by atoms with van der Waals surface area (Å²) >= 11 is 0. The molecular formula is H10ClN4OPt-3. The molecule has 56 valence electrons. The van der Waals surface area contributed by atoms with Crippen molar-refractivity contribution >= 4 is 0 Å². The maximum absolute atomic E-state index is 0. The zero-order valence-electron chi connectivity index (χ0n) is 3.50. The first-order chi connectivity index (χ1) is 0. The molecule has 0 aliphatic heterocycles. The Balaban J connectivity index is 0. The van der Waals surface area contributed by atoms with Gasteiger partial charge in [0.2, 0.25) is 0 Å². The molecule has 7 heteroatoms. The van der Waals surface area contributed by atoms with E-state index in [1.54, 1.807) is 0 Å². The molecule has 0 radical (unpaired) electrons. The third kappa shape index (κ3) is 255. The second kappa shape index (κ2) is 374. The van der Waals surface area contributed by atoms with Gasteiger partial charge in [-0.1, -0.05) is 0 Å². The van der Waals surface area contributed by atoms with E-state index in [0.717, 1.165) is 0 Å². The number of halogens is 1. The van der Waals surface area contributed by atoms with E-state index in [1.165, 1.54) is 0 Å². The minimum Gasteiger partial charge on any atom is -1.00 e. The van der Waals surface area contributed by atoms with Crippen molar-refractivity contribution in [3.8, 4) is 0 Å². The minimum atomic E-state index is 0. The molecule has 7 heavy (non-hydrogen) atoms. The molecule has 0 fully saturated rings. The second-order valence-corrected chi connectivity index (χ2v) is 0. The van der Waals surface area contributed by atoms with Crippen LogP contribution in [0.2, 0.25) is 0 Å². The van der Waals surface area contributed by atoms with Gasteiger partial charge in [-0.15, -0.1) is 0 Å². The van der Waals surface area contributed by atoms with E-state index in [9.17, 15) is 0 Å². The third-order valence-corrected chi connectivity index (χ3v) is 0. The van der Waals surface area contributed by atoms with Crippen LogP contribution in [-0.2, 0) is 21.1 Å². The van der Waals surface area contributed by atoms with E-state index < -0.39 is 0 Å². The molecule has 0 amide bonds. The molecule has 0 aromatic carbocycles. The van der Waals surface area contributed by atoms with Crippen LogP contribution in [-0.4, -0.2) is 5.48 Å². The Morgan fingerprint density at radius 3 is 0.571 bits per heavy atom. The molecule has 0 atom stereocenters. The van der Waals surface area contributed by atoms with E-state index in [-0.39, 0.29) is 63.6 Å². The maximum Gasteiger partial charge on any atom is 2.00 e. The van der Waals surface area contributed by atoms with Crippen molar-refractivity contribution < 1.29 is 38.9 Å². The molecule has 5 nitrogen and oxygen atoms in total. The Morgan fingerprint density at radius 2 is 0.571 bits per heavy atom. The van der Waals surface area contributed by atoms with Crippen molar-refractivity contribution in [1.82, 2.24) is 0 Å². The maximum atomic E-state index is 0. The average Bonchev–Trinajstić information content (AvgIpc) is 0. The number of hydrogen-bond acceptors (Lipinski definition) is 0. The standard InChI is InChI=1S/ClH.4H2N.H2O.Pt/h1H;5*1H2;/q;4*-1;;+2/p-1. The van der Waals surface area contributed by atoms with Gasteiger partial charge in [0.1, 0.15) is 0 Å². The summed E-state index contributed by atoms with van der Waals surface area (Å²) in [6.45, 7) is 0. The Morgan fingerprint density at radius 1 is 0.571 bits per heavy atom. The van der Waals surface area contributed by atoms with Crippen LogP contribution < -0.4 is 12.4 Å². The summed E-state index contributed by atoms with van der Waals surface area (Å²) in [5, 5.41) is 0. The van der Waals surface area contributed by atoms with E-state index in [0.29, 0.717) is 0 Å². The van der Waals surface area contributed by atoms with Crippen molar-refractivity contribution in [3.63, 3.8) is 0 Å². The molecule has 0 spiro atoms. The summed E-state index contributed by atoms with van der Waals surface area (Å²) in [6, 6.07) is 0. The molecule has 0 heterocycles. The van der Waals surface area contributed by atoms with Crippen LogP contribution in [0.15, 0.2) is 0 Å². The summed E-state index contributed by atoms with van der Waals surface area (Å²) in [7, 11) is 0. The van der Waals surface area contributed by atoms with Crippen molar-refractivity contribution in [2.75, 3.05) is 0 Å². The Bertz CT molecular complexity index is 11.7. The monoisotopic (exact) mass is 312 g/mol. The largest absolute Gasteiger partial charge is 2.00 e. The summed E-state index contributed by atoms with van der Waals surface area (Å²) < 4.78 is 0. The van der Waals surface area contributed by atoms with Gasteiger partial charge < -0.3 is 42.5 Å². The van der Waals surface area contributed by atoms with Gasteiger partial charge in [0.25, 0.3) is 0 Å². The first kappa shape index (κ1) is 590. The zero-order chi connectivity index (χ0) is 0. The van der Waals surface area contributed by atoms with Gasteiger partial charge in [-0.3, -0.25) is 0 Å². The van der Waals surface area contributed by atoms with Crippen LogP contribution in [0, 0.1) is 0 Å². The van der Waals surface area contributed by atoms with Gasteiger partial charge in [-0.2, -0.15) is 0 Å². The van der Waals surface area contributed by atoms with E-state index in [4.69, 9.17) is 0 Å². The number of nitrogens with two attached hydrogens (primary N) is 4. The molecule has 0 saturated heterocycles. The van der Waals surface area contributed by atoms with Crippen LogP contribution >= 0.6 is 0 Å². The Labute approximate surface area is 63.9 Å². The predicted molar refractivity (Wildman–Crippen MR) is 24.8 cm³/mol. The fraction of sp³-hybridized carbons (Fsp3) is 0. The normalized spacial score (nSPS) is 0. The van der Waals surface area contributed by atoms with Crippen molar-refractivity contribution in [2.45, 2.75) is 0 Å². The fourth-order valence-corrected chi connectivity index (χ4v) is 0. The number of hydrogen-bond donors (Lipinski definition) is 0. The SMILES string of the molecule is O.[Cl-].[NH2-].[NH2-].[NH2-].[NH2-].[Pt+2]. The predicted octanol–water partition coefficient (Wildman–Crippen LogP) is -0.955. The van der Waals surface area contributed by atoms with Gasteiger partial charge in [0.05, 0.1) is 0 Å². The van der Waals surface area contributed by atoms with Crippen LogP contribution in [0.1, 0.15) is 0 Å². The smallest absolute Gasteiger partial charge is 1.00 e. The van der Waals surface area contributed by atoms with E-state index in [2.05, 4.69) is 0 Å². The van der Waals surface area contributed by atoms with E-state index in [1.807, 2.05) is 0 Å². The number of rotatable bonds is 0. The molecule has 0 bridgehead atoms. The van der Waals surface area contributed by atoms with Gasteiger partial charge >= 0.3 is 21.1 Å². The molecule has 0 unspecified atom stereocenters. The van der Waals surface area contributed by atoms with Gasteiger partial charge in [-0.05, 0) is 0 Å². The molecule has 0 rings (SSSR count). The topological polar surface area (TPSA) is 166 Å². The molecule has 0 aliphatic carbocycles. The zero-order valence-corrected chi connectivity index (χ0v) is 6.53.